The van der Waals surface area contributed by atoms with Gasteiger partial charge in [0.05, 0.1) is 12.7 Å². The molecule has 0 saturated heterocycles. The fourth-order valence-electron chi connectivity index (χ4n) is 1.62. The molecule has 1 atom stereocenters. The number of aliphatic hydroxyl groups is 1. The Morgan fingerprint density at radius 1 is 1.53 bits per heavy atom. The van der Waals surface area contributed by atoms with E-state index in [0.29, 0.717) is 18.1 Å². The van der Waals surface area contributed by atoms with Gasteiger partial charge in [0.25, 0.3) is 0 Å². The van der Waals surface area contributed by atoms with Gasteiger partial charge in [-0.25, -0.2) is 0 Å². The van der Waals surface area contributed by atoms with Crippen molar-refractivity contribution < 1.29 is 14.6 Å². The van der Waals surface area contributed by atoms with Gasteiger partial charge in [0.15, 0.2) is 6.79 Å². The number of ether oxygens (including phenoxy) is 2. The Morgan fingerprint density at radius 2 is 2.33 bits per heavy atom. The predicted octanol–water partition coefficient (Wildman–Crippen LogP) is 2.13. The molecule has 2 rings (SSSR count). The summed E-state index contributed by atoms with van der Waals surface area (Å²) < 4.78 is 10.5. The van der Waals surface area contributed by atoms with Crippen LogP contribution >= 0.6 is 11.6 Å². The Bertz CT molecular complexity index is 363. The van der Waals surface area contributed by atoms with Crippen molar-refractivity contribution in [3.05, 3.63) is 28.3 Å². The van der Waals surface area contributed by atoms with Gasteiger partial charge in [-0.2, -0.15) is 0 Å². The van der Waals surface area contributed by atoms with Crippen LogP contribution in [0.1, 0.15) is 18.1 Å². The van der Waals surface area contributed by atoms with E-state index in [1.807, 2.05) is 12.1 Å². The topological polar surface area (TPSA) is 38.7 Å². The lowest BCUT2D eigenvalue weighted by molar-refractivity contribution is -0.0164. The molecule has 1 N–H and O–H groups in total. The molecule has 1 aromatic carbocycles. The second-order valence-corrected chi connectivity index (χ2v) is 4.12. The van der Waals surface area contributed by atoms with E-state index >= 15 is 0 Å². The zero-order valence-corrected chi connectivity index (χ0v) is 9.25. The average molecular weight is 229 g/mol. The van der Waals surface area contributed by atoms with Crippen molar-refractivity contribution in [2.45, 2.75) is 26.1 Å². The van der Waals surface area contributed by atoms with Crippen LogP contribution in [0.25, 0.3) is 0 Å². The van der Waals surface area contributed by atoms with Crippen LogP contribution in [0.4, 0.5) is 0 Å². The third kappa shape index (κ3) is 2.43. The molecule has 1 unspecified atom stereocenters. The zero-order valence-electron chi connectivity index (χ0n) is 8.50. The first-order valence-electron chi connectivity index (χ1n) is 4.86. The van der Waals surface area contributed by atoms with Crippen LogP contribution in [0, 0.1) is 0 Å². The highest BCUT2D eigenvalue weighted by Gasteiger charge is 2.14. The molecule has 0 spiro atoms. The fourth-order valence-corrected chi connectivity index (χ4v) is 1.88. The van der Waals surface area contributed by atoms with Crippen LogP contribution < -0.4 is 4.74 Å². The number of hydrogen-bond acceptors (Lipinski definition) is 3. The van der Waals surface area contributed by atoms with Gasteiger partial charge in [-0.05, 0) is 31.0 Å². The molecule has 0 aromatic heterocycles. The Morgan fingerprint density at radius 3 is 3.07 bits per heavy atom. The van der Waals surface area contributed by atoms with Crippen molar-refractivity contribution >= 4 is 11.6 Å². The van der Waals surface area contributed by atoms with Gasteiger partial charge in [0.2, 0.25) is 0 Å². The Hall–Kier alpha value is -0.770. The number of rotatable bonds is 2. The first kappa shape index (κ1) is 10.7. The fraction of sp³-hybridized carbons (Fsp3) is 0.455. The molecule has 1 aromatic rings. The van der Waals surface area contributed by atoms with E-state index in [-0.39, 0.29) is 6.79 Å². The van der Waals surface area contributed by atoms with Gasteiger partial charge in [-0.3, -0.25) is 0 Å². The Kier molecular flexibility index (Phi) is 3.14. The number of hydrogen-bond donors (Lipinski definition) is 1. The first-order valence-corrected chi connectivity index (χ1v) is 5.24. The SMILES string of the molecule is CC(O)Cc1cc2c(cc1Cl)COCO2. The molecule has 1 aliphatic heterocycles. The maximum atomic E-state index is 9.31. The van der Waals surface area contributed by atoms with Gasteiger partial charge in [0, 0.05) is 10.6 Å². The normalized spacial score (nSPS) is 16.7. The summed E-state index contributed by atoms with van der Waals surface area (Å²) in [7, 11) is 0. The highest BCUT2D eigenvalue weighted by atomic mass is 35.5. The number of aliphatic hydroxyl groups excluding tert-OH is 1. The minimum Gasteiger partial charge on any atom is -0.467 e. The van der Waals surface area contributed by atoms with E-state index in [4.69, 9.17) is 21.1 Å². The molecule has 15 heavy (non-hydrogen) atoms. The maximum absolute atomic E-state index is 9.31. The molecule has 3 nitrogen and oxygen atoms in total. The smallest absolute Gasteiger partial charge is 0.189 e. The van der Waals surface area contributed by atoms with E-state index in [1.54, 1.807) is 6.92 Å². The van der Waals surface area contributed by atoms with Gasteiger partial charge in [-0.1, -0.05) is 11.6 Å². The number of fused-ring (bicyclic) bond motifs is 1. The van der Waals surface area contributed by atoms with E-state index in [9.17, 15) is 5.11 Å². The minimum atomic E-state index is -0.402. The van der Waals surface area contributed by atoms with Gasteiger partial charge in [-0.15, -0.1) is 0 Å². The van der Waals surface area contributed by atoms with Crippen LogP contribution in [0.2, 0.25) is 5.02 Å². The average Bonchev–Trinajstić information content (AvgIpc) is 2.18. The summed E-state index contributed by atoms with van der Waals surface area (Å²) in [6, 6.07) is 3.72. The second-order valence-electron chi connectivity index (χ2n) is 3.72. The van der Waals surface area contributed by atoms with Crippen molar-refractivity contribution in [1.29, 1.82) is 0 Å². The third-order valence-electron chi connectivity index (χ3n) is 2.30. The first-order chi connectivity index (χ1) is 7.16. The van der Waals surface area contributed by atoms with Crippen molar-refractivity contribution in [3.63, 3.8) is 0 Å². The highest BCUT2D eigenvalue weighted by Crippen LogP contribution is 2.30. The quantitative estimate of drug-likeness (QED) is 0.843. The largest absolute Gasteiger partial charge is 0.467 e. The third-order valence-corrected chi connectivity index (χ3v) is 2.65. The van der Waals surface area contributed by atoms with E-state index in [0.717, 1.165) is 16.9 Å². The highest BCUT2D eigenvalue weighted by molar-refractivity contribution is 6.31. The lowest BCUT2D eigenvalue weighted by atomic mass is 10.1. The molecule has 82 valence electrons. The number of halogens is 1. The number of benzene rings is 1. The molecular weight excluding hydrogens is 216 g/mol. The Balaban J connectivity index is 2.32. The van der Waals surface area contributed by atoms with Crippen LogP contribution in [-0.2, 0) is 17.8 Å². The predicted molar refractivity (Wildman–Crippen MR) is 57.1 cm³/mol. The maximum Gasteiger partial charge on any atom is 0.189 e. The van der Waals surface area contributed by atoms with Crippen LogP contribution in [0.5, 0.6) is 5.75 Å². The lowest BCUT2D eigenvalue weighted by Gasteiger charge is -2.19. The second kappa shape index (κ2) is 4.39. The van der Waals surface area contributed by atoms with Crippen molar-refractivity contribution in [2.24, 2.45) is 0 Å². The van der Waals surface area contributed by atoms with Gasteiger partial charge < -0.3 is 14.6 Å². The van der Waals surface area contributed by atoms with E-state index in [1.165, 1.54) is 0 Å². The van der Waals surface area contributed by atoms with Crippen molar-refractivity contribution in [1.82, 2.24) is 0 Å². The van der Waals surface area contributed by atoms with Crippen LogP contribution in [-0.4, -0.2) is 18.0 Å². The molecule has 0 fully saturated rings. The monoisotopic (exact) mass is 228 g/mol. The Labute approximate surface area is 93.6 Å². The molecule has 0 bridgehead atoms. The molecular formula is C11H13ClO3. The molecule has 4 heteroatoms. The summed E-state index contributed by atoms with van der Waals surface area (Å²) >= 11 is 6.08. The summed E-state index contributed by atoms with van der Waals surface area (Å²) in [4.78, 5) is 0. The zero-order chi connectivity index (χ0) is 10.8. The molecule has 1 heterocycles. The van der Waals surface area contributed by atoms with Crippen LogP contribution in [0.3, 0.4) is 0 Å². The summed E-state index contributed by atoms with van der Waals surface area (Å²) in [5.41, 5.74) is 1.87. The molecule has 0 amide bonds. The van der Waals surface area contributed by atoms with Gasteiger partial charge >= 0.3 is 0 Å². The molecule has 0 aliphatic carbocycles. The molecule has 0 saturated carbocycles. The standard InChI is InChI=1S/C11H13ClO3/c1-7(13)2-8-4-11-9(3-10(8)12)5-14-6-15-11/h3-4,7,13H,2,5-6H2,1H3. The summed E-state index contributed by atoms with van der Waals surface area (Å²) in [5.74, 6) is 0.807. The lowest BCUT2D eigenvalue weighted by Crippen LogP contribution is -2.12. The molecule has 0 radical (unpaired) electrons. The summed E-state index contributed by atoms with van der Waals surface area (Å²) in [6.07, 6.45) is 0.136. The molecule has 1 aliphatic rings. The van der Waals surface area contributed by atoms with Crippen molar-refractivity contribution in [2.75, 3.05) is 6.79 Å². The van der Waals surface area contributed by atoms with Gasteiger partial charge in [0.1, 0.15) is 5.75 Å². The van der Waals surface area contributed by atoms with E-state index < -0.39 is 6.10 Å². The summed E-state index contributed by atoms with van der Waals surface area (Å²) in [5, 5.41) is 9.97. The summed E-state index contributed by atoms with van der Waals surface area (Å²) in [6.45, 7) is 2.55. The van der Waals surface area contributed by atoms with Crippen molar-refractivity contribution in [3.8, 4) is 5.75 Å². The minimum absolute atomic E-state index is 0.281. The van der Waals surface area contributed by atoms with E-state index in [2.05, 4.69) is 0 Å². The van der Waals surface area contributed by atoms with Crippen LogP contribution in [0.15, 0.2) is 12.1 Å².